The minimum Gasteiger partial charge on any atom is -0.378 e. The smallest absolute Gasteiger partial charge is 0.194 e. The number of guanidine groups is 1. The first kappa shape index (κ1) is 21.0. The molecule has 2 aliphatic rings. The summed E-state index contributed by atoms with van der Waals surface area (Å²) < 4.78 is 5.78. The number of hydrogen-bond acceptors (Lipinski definition) is 3. The SMILES string of the molecule is CCNC(=NCc1ccc(N2CCC(C)CC2)cc1)N1CCC(OCC)CC1. The Labute approximate surface area is 171 Å². The predicted octanol–water partition coefficient (Wildman–Crippen LogP) is 3.89. The zero-order chi connectivity index (χ0) is 19.8. The van der Waals surface area contributed by atoms with Gasteiger partial charge in [0.1, 0.15) is 0 Å². The molecule has 3 rings (SSSR count). The molecule has 0 bridgehead atoms. The average molecular weight is 387 g/mol. The van der Waals surface area contributed by atoms with E-state index in [4.69, 9.17) is 9.73 Å². The summed E-state index contributed by atoms with van der Waals surface area (Å²) in [4.78, 5) is 9.80. The van der Waals surface area contributed by atoms with E-state index in [-0.39, 0.29) is 0 Å². The summed E-state index contributed by atoms with van der Waals surface area (Å²) in [5.74, 6) is 1.90. The first-order valence-electron chi connectivity index (χ1n) is 11.2. The molecule has 156 valence electrons. The molecular formula is C23H38N4O. The zero-order valence-corrected chi connectivity index (χ0v) is 18.0. The zero-order valence-electron chi connectivity index (χ0n) is 18.0. The number of anilines is 1. The van der Waals surface area contributed by atoms with Crippen molar-refractivity contribution in [3.63, 3.8) is 0 Å². The van der Waals surface area contributed by atoms with Crippen molar-refractivity contribution in [2.75, 3.05) is 44.2 Å². The summed E-state index contributed by atoms with van der Waals surface area (Å²) in [5.41, 5.74) is 2.62. The van der Waals surface area contributed by atoms with Crippen LogP contribution in [0.25, 0.3) is 0 Å². The molecule has 0 aromatic heterocycles. The third-order valence-corrected chi connectivity index (χ3v) is 5.98. The van der Waals surface area contributed by atoms with Gasteiger partial charge in [-0.25, -0.2) is 4.99 Å². The monoisotopic (exact) mass is 386 g/mol. The van der Waals surface area contributed by atoms with Gasteiger partial charge >= 0.3 is 0 Å². The number of aliphatic imine (C=N–C) groups is 1. The second-order valence-corrected chi connectivity index (χ2v) is 8.15. The number of rotatable bonds is 6. The summed E-state index contributed by atoms with van der Waals surface area (Å²) in [7, 11) is 0. The summed E-state index contributed by atoms with van der Waals surface area (Å²) in [6.07, 6.45) is 5.19. The highest BCUT2D eigenvalue weighted by molar-refractivity contribution is 5.80. The van der Waals surface area contributed by atoms with E-state index in [9.17, 15) is 0 Å². The Balaban J connectivity index is 1.55. The van der Waals surface area contributed by atoms with Gasteiger partial charge < -0.3 is 19.9 Å². The molecule has 2 saturated heterocycles. The Morgan fingerprint density at radius 3 is 2.32 bits per heavy atom. The van der Waals surface area contributed by atoms with Crippen molar-refractivity contribution < 1.29 is 4.74 Å². The largest absolute Gasteiger partial charge is 0.378 e. The Kier molecular flexibility index (Phi) is 8.01. The Hall–Kier alpha value is -1.75. The van der Waals surface area contributed by atoms with Crippen molar-refractivity contribution in [1.82, 2.24) is 10.2 Å². The number of nitrogens with zero attached hydrogens (tertiary/aromatic N) is 3. The quantitative estimate of drug-likeness (QED) is 0.595. The molecule has 5 heteroatoms. The Morgan fingerprint density at radius 2 is 1.71 bits per heavy atom. The summed E-state index contributed by atoms with van der Waals surface area (Å²) in [6.45, 7) is 13.4. The highest BCUT2D eigenvalue weighted by Crippen LogP contribution is 2.23. The van der Waals surface area contributed by atoms with Gasteiger partial charge in [-0.05, 0) is 63.1 Å². The topological polar surface area (TPSA) is 40.1 Å². The first-order chi connectivity index (χ1) is 13.7. The molecule has 0 atom stereocenters. The van der Waals surface area contributed by atoms with Gasteiger partial charge in [-0.1, -0.05) is 19.1 Å². The molecule has 2 aliphatic heterocycles. The lowest BCUT2D eigenvalue weighted by Crippen LogP contribution is -2.47. The standard InChI is InChI=1S/C23H38N4O/c1-4-24-23(27-16-12-22(13-17-27)28-5-2)25-18-20-6-8-21(9-7-20)26-14-10-19(3)11-15-26/h6-9,19,22H,4-5,10-18H2,1-3H3,(H,24,25). The molecule has 0 aliphatic carbocycles. The number of piperidine rings is 2. The maximum absolute atomic E-state index is 5.78. The minimum absolute atomic E-state index is 0.412. The van der Waals surface area contributed by atoms with Crippen LogP contribution in [0.1, 0.15) is 52.0 Å². The van der Waals surface area contributed by atoms with E-state index in [1.807, 2.05) is 0 Å². The molecule has 0 amide bonds. The van der Waals surface area contributed by atoms with Gasteiger partial charge in [-0.3, -0.25) is 0 Å². The van der Waals surface area contributed by atoms with Gasteiger partial charge in [-0.15, -0.1) is 0 Å². The van der Waals surface area contributed by atoms with Crippen LogP contribution in [0.3, 0.4) is 0 Å². The molecule has 1 aromatic rings. The van der Waals surface area contributed by atoms with Crippen LogP contribution in [-0.2, 0) is 11.3 Å². The van der Waals surface area contributed by atoms with Gasteiger partial charge in [-0.2, -0.15) is 0 Å². The lowest BCUT2D eigenvalue weighted by atomic mass is 9.99. The number of nitrogens with one attached hydrogen (secondary N) is 1. The van der Waals surface area contributed by atoms with Crippen molar-refractivity contribution in [2.45, 2.75) is 59.1 Å². The molecule has 2 fully saturated rings. The second kappa shape index (κ2) is 10.7. The van der Waals surface area contributed by atoms with Gasteiger partial charge in [0.2, 0.25) is 0 Å². The van der Waals surface area contributed by atoms with E-state index in [1.165, 1.54) is 37.2 Å². The van der Waals surface area contributed by atoms with Crippen LogP contribution in [0.5, 0.6) is 0 Å². The van der Waals surface area contributed by atoms with Crippen molar-refractivity contribution >= 4 is 11.6 Å². The number of benzene rings is 1. The number of likely N-dealkylation sites (tertiary alicyclic amines) is 1. The van der Waals surface area contributed by atoms with Crippen molar-refractivity contribution in [1.29, 1.82) is 0 Å². The molecule has 1 aromatic carbocycles. The lowest BCUT2D eigenvalue weighted by Gasteiger charge is -2.34. The fourth-order valence-corrected chi connectivity index (χ4v) is 4.14. The number of hydrogen-bond donors (Lipinski definition) is 1. The van der Waals surface area contributed by atoms with Gasteiger partial charge in [0.05, 0.1) is 12.6 Å². The van der Waals surface area contributed by atoms with Crippen LogP contribution in [-0.4, -0.2) is 56.3 Å². The van der Waals surface area contributed by atoms with E-state index in [0.717, 1.165) is 57.5 Å². The Bertz CT molecular complexity index is 600. The lowest BCUT2D eigenvalue weighted by molar-refractivity contribution is 0.0263. The van der Waals surface area contributed by atoms with Gasteiger partial charge in [0.25, 0.3) is 0 Å². The molecule has 1 N–H and O–H groups in total. The molecule has 0 unspecified atom stereocenters. The molecule has 0 radical (unpaired) electrons. The Morgan fingerprint density at radius 1 is 1.04 bits per heavy atom. The molecule has 0 saturated carbocycles. The van der Waals surface area contributed by atoms with E-state index >= 15 is 0 Å². The summed E-state index contributed by atoms with van der Waals surface area (Å²) in [6, 6.07) is 9.01. The number of ether oxygens (including phenoxy) is 1. The van der Waals surface area contributed by atoms with Crippen molar-refractivity contribution in [3.8, 4) is 0 Å². The van der Waals surface area contributed by atoms with E-state index < -0.39 is 0 Å². The normalized spacial score (nSPS) is 19.9. The minimum atomic E-state index is 0.412. The maximum atomic E-state index is 5.78. The highest BCUT2D eigenvalue weighted by Gasteiger charge is 2.21. The van der Waals surface area contributed by atoms with Crippen LogP contribution < -0.4 is 10.2 Å². The van der Waals surface area contributed by atoms with Crippen molar-refractivity contribution in [3.05, 3.63) is 29.8 Å². The van der Waals surface area contributed by atoms with Crippen LogP contribution in [0, 0.1) is 5.92 Å². The maximum Gasteiger partial charge on any atom is 0.194 e. The van der Waals surface area contributed by atoms with Gasteiger partial charge in [0.15, 0.2) is 5.96 Å². The molecule has 28 heavy (non-hydrogen) atoms. The van der Waals surface area contributed by atoms with E-state index in [1.54, 1.807) is 0 Å². The molecule has 2 heterocycles. The fourth-order valence-electron chi connectivity index (χ4n) is 4.14. The highest BCUT2D eigenvalue weighted by atomic mass is 16.5. The third-order valence-electron chi connectivity index (χ3n) is 5.98. The summed E-state index contributed by atoms with van der Waals surface area (Å²) >= 11 is 0. The fraction of sp³-hybridized carbons (Fsp3) is 0.696. The van der Waals surface area contributed by atoms with E-state index in [2.05, 4.69) is 60.2 Å². The summed E-state index contributed by atoms with van der Waals surface area (Å²) in [5, 5.41) is 3.46. The first-order valence-corrected chi connectivity index (χ1v) is 11.2. The van der Waals surface area contributed by atoms with Crippen LogP contribution >= 0.6 is 0 Å². The third kappa shape index (κ3) is 5.87. The molecular weight excluding hydrogens is 348 g/mol. The van der Waals surface area contributed by atoms with Crippen LogP contribution in [0.4, 0.5) is 5.69 Å². The molecule has 0 spiro atoms. The van der Waals surface area contributed by atoms with Crippen LogP contribution in [0.2, 0.25) is 0 Å². The van der Waals surface area contributed by atoms with E-state index in [0.29, 0.717) is 6.10 Å². The van der Waals surface area contributed by atoms with Gasteiger partial charge in [0, 0.05) is 45.0 Å². The predicted molar refractivity (Wildman–Crippen MR) is 118 cm³/mol. The van der Waals surface area contributed by atoms with Crippen molar-refractivity contribution in [2.24, 2.45) is 10.9 Å². The molecule has 5 nitrogen and oxygen atoms in total. The van der Waals surface area contributed by atoms with Crippen LogP contribution in [0.15, 0.2) is 29.3 Å². The average Bonchev–Trinajstić information content (AvgIpc) is 2.73. The second-order valence-electron chi connectivity index (χ2n) is 8.15.